The lowest BCUT2D eigenvalue weighted by atomic mass is 9.98. The van der Waals surface area contributed by atoms with Crippen LogP contribution in [0.4, 0.5) is 0 Å². The van der Waals surface area contributed by atoms with Gasteiger partial charge >= 0.3 is 0 Å². The van der Waals surface area contributed by atoms with E-state index < -0.39 is 0 Å². The fourth-order valence-electron chi connectivity index (χ4n) is 2.22. The SMILES string of the molecule is COc1ccc(C(NN)c2ccc(OC)cc2OC)cc1. The summed E-state index contributed by atoms with van der Waals surface area (Å²) in [5.41, 5.74) is 4.77. The smallest absolute Gasteiger partial charge is 0.127 e. The van der Waals surface area contributed by atoms with Crippen molar-refractivity contribution in [3.63, 3.8) is 0 Å². The van der Waals surface area contributed by atoms with Gasteiger partial charge in [0.2, 0.25) is 0 Å². The molecule has 3 N–H and O–H groups in total. The molecule has 0 aliphatic rings. The molecule has 0 aliphatic heterocycles. The molecule has 0 saturated carbocycles. The second-order valence-electron chi connectivity index (χ2n) is 4.48. The summed E-state index contributed by atoms with van der Waals surface area (Å²) in [6.45, 7) is 0. The van der Waals surface area contributed by atoms with Crippen LogP contribution in [0, 0.1) is 0 Å². The van der Waals surface area contributed by atoms with Crippen LogP contribution in [-0.4, -0.2) is 21.3 Å². The van der Waals surface area contributed by atoms with Crippen molar-refractivity contribution in [2.45, 2.75) is 6.04 Å². The summed E-state index contributed by atoms with van der Waals surface area (Å²) < 4.78 is 15.8. The number of nitrogens with one attached hydrogen (secondary N) is 1. The molecule has 21 heavy (non-hydrogen) atoms. The second kappa shape index (κ2) is 6.97. The largest absolute Gasteiger partial charge is 0.497 e. The highest BCUT2D eigenvalue weighted by Gasteiger charge is 2.17. The number of rotatable bonds is 6. The molecule has 0 heterocycles. The zero-order chi connectivity index (χ0) is 15.2. The molecule has 1 unspecified atom stereocenters. The van der Waals surface area contributed by atoms with Crippen molar-refractivity contribution in [3.05, 3.63) is 53.6 Å². The van der Waals surface area contributed by atoms with Crippen molar-refractivity contribution >= 4 is 0 Å². The molecule has 0 amide bonds. The van der Waals surface area contributed by atoms with Gasteiger partial charge in [-0.15, -0.1) is 0 Å². The molecule has 0 spiro atoms. The van der Waals surface area contributed by atoms with Gasteiger partial charge in [0.25, 0.3) is 0 Å². The number of hydrazine groups is 1. The summed E-state index contributed by atoms with van der Waals surface area (Å²) >= 11 is 0. The van der Waals surface area contributed by atoms with Crippen molar-refractivity contribution in [2.75, 3.05) is 21.3 Å². The Balaban J connectivity index is 2.40. The molecule has 0 bridgehead atoms. The highest BCUT2D eigenvalue weighted by atomic mass is 16.5. The molecule has 5 heteroatoms. The Hall–Kier alpha value is -2.24. The summed E-state index contributed by atoms with van der Waals surface area (Å²) in [7, 11) is 4.89. The van der Waals surface area contributed by atoms with E-state index in [9.17, 15) is 0 Å². The van der Waals surface area contributed by atoms with Crippen molar-refractivity contribution in [1.29, 1.82) is 0 Å². The van der Waals surface area contributed by atoms with Crippen LogP contribution in [0.25, 0.3) is 0 Å². The molecule has 0 saturated heterocycles. The topological polar surface area (TPSA) is 65.7 Å². The molecule has 5 nitrogen and oxygen atoms in total. The Labute approximate surface area is 124 Å². The second-order valence-corrected chi connectivity index (χ2v) is 4.48. The summed E-state index contributed by atoms with van der Waals surface area (Å²) in [6, 6.07) is 13.2. The van der Waals surface area contributed by atoms with Gasteiger partial charge in [-0.3, -0.25) is 5.84 Å². The van der Waals surface area contributed by atoms with Gasteiger partial charge in [0.15, 0.2) is 0 Å². The molecular formula is C16H20N2O3. The van der Waals surface area contributed by atoms with Crippen LogP contribution in [0.2, 0.25) is 0 Å². The molecule has 2 aromatic carbocycles. The Bertz CT molecular complexity index is 585. The number of benzene rings is 2. The van der Waals surface area contributed by atoms with Crippen LogP contribution in [0.1, 0.15) is 17.2 Å². The van der Waals surface area contributed by atoms with E-state index in [4.69, 9.17) is 20.1 Å². The summed E-state index contributed by atoms with van der Waals surface area (Å²) in [4.78, 5) is 0. The maximum atomic E-state index is 5.73. The molecule has 112 valence electrons. The van der Waals surface area contributed by atoms with E-state index in [2.05, 4.69) is 5.43 Å². The Kier molecular flexibility index (Phi) is 5.03. The quantitative estimate of drug-likeness (QED) is 0.630. The molecular weight excluding hydrogens is 268 g/mol. The van der Waals surface area contributed by atoms with Gasteiger partial charge < -0.3 is 14.2 Å². The van der Waals surface area contributed by atoms with Crippen LogP contribution in [-0.2, 0) is 0 Å². The number of hydrogen-bond acceptors (Lipinski definition) is 5. The van der Waals surface area contributed by atoms with Crippen LogP contribution in [0.5, 0.6) is 17.2 Å². The van der Waals surface area contributed by atoms with E-state index >= 15 is 0 Å². The van der Waals surface area contributed by atoms with Crippen LogP contribution >= 0.6 is 0 Å². The van der Waals surface area contributed by atoms with Gasteiger partial charge in [-0.2, -0.15) is 0 Å². The summed E-state index contributed by atoms with van der Waals surface area (Å²) in [5, 5.41) is 0. The Morgan fingerprint density at radius 1 is 0.857 bits per heavy atom. The summed E-state index contributed by atoms with van der Waals surface area (Å²) in [5.74, 6) is 7.99. The van der Waals surface area contributed by atoms with E-state index in [-0.39, 0.29) is 6.04 Å². The van der Waals surface area contributed by atoms with Crippen LogP contribution in [0.3, 0.4) is 0 Å². The Morgan fingerprint density at radius 3 is 2.00 bits per heavy atom. The lowest BCUT2D eigenvalue weighted by Gasteiger charge is -2.20. The lowest BCUT2D eigenvalue weighted by molar-refractivity contribution is 0.387. The molecule has 2 aromatic rings. The van der Waals surface area contributed by atoms with Gasteiger partial charge in [0.05, 0.1) is 27.4 Å². The zero-order valence-electron chi connectivity index (χ0n) is 12.4. The van der Waals surface area contributed by atoms with Crippen molar-refractivity contribution in [1.82, 2.24) is 5.43 Å². The van der Waals surface area contributed by atoms with E-state index in [1.54, 1.807) is 21.3 Å². The molecule has 0 aliphatic carbocycles. The third kappa shape index (κ3) is 3.26. The predicted molar refractivity (Wildman–Crippen MR) is 81.7 cm³/mol. The first-order valence-corrected chi connectivity index (χ1v) is 6.55. The van der Waals surface area contributed by atoms with E-state index in [0.29, 0.717) is 5.75 Å². The van der Waals surface area contributed by atoms with Crippen molar-refractivity contribution in [3.8, 4) is 17.2 Å². The Morgan fingerprint density at radius 2 is 1.48 bits per heavy atom. The normalized spacial score (nSPS) is 11.8. The first kappa shape index (κ1) is 15.2. The van der Waals surface area contributed by atoms with Crippen molar-refractivity contribution < 1.29 is 14.2 Å². The minimum atomic E-state index is -0.184. The maximum absolute atomic E-state index is 5.73. The fraction of sp³-hybridized carbons (Fsp3) is 0.250. The van der Waals surface area contributed by atoms with E-state index in [1.807, 2.05) is 42.5 Å². The van der Waals surface area contributed by atoms with E-state index in [0.717, 1.165) is 22.6 Å². The monoisotopic (exact) mass is 288 g/mol. The molecule has 2 rings (SSSR count). The number of ether oxygens (including phenoxy) is 3. The first-order valence-electron chi connectivity index (χ1n) is 6.55. The van der Waals surface area contributed by atoms with Gasteiger partial charge in [0.1, 0.15) is 17.2 Å². The molecule has 0 aromatic heterocycles. The average molecular weight is 288 g/mol. The standard InChI is InChI=1S/C16H20N2O3/c1-19-12-6-4-11(5-7-12)16(18-17)14-9-8-13(20-2)10-15(14)21-3/h4-10,16,18H,17H2,1-3H3. The molecule has 0 fully saturated rings. The first-order chi connectivity index (χ1) is 10.2. The lowest BCUT2D eigenvalue weighted by Crippen LogP contribution is -2.29. The van der Waals surface area contributed by atoms with Gasteiger partial charge in [-0.25, -0.2) is 5.43 Å². The average Bonchev–Trinajstić information content (AvgIpc) is 2.56. The summed E-state index contributed by atoms with van der Waals surface area (Å²) in [6.07, 6.45) is 0. The third-order valence-corrected chi connectivity index (χ3v) is 3.37. The van der Waals surface area contributed by atoms with Crippen LogP contribution < -0.4 is 25.5 Å². The van der Waals surface area contributed by atoms with Crippen LogP contribution in [0.15, 0.2) is 42.5 Å². The number of hydrogen-bond donors (Lipinski definition) is 2. The minimum absolute atomic E-state index is 0.184. The number of methoxy groups -OCH3 is 3. The molecule has 0 radical (unpaired) electrons. The highest BCUT2D eigenvalue weighted by Crippen LogP contribution is 2.33. The number of nitrogens with two attached hydrogens (primary N) is 1. The van der Waals surface area contributed by atoms with E-state index in [1.165, 1.54) is 0 Å². The maximum Gasteiger partial charge on any atom is 0.127 e. The minimum Gasteiger partial charge on any atom is -0.497 e. The van der Waals surface area contributed by atoms with Gasteiger partial charge in [-0.1, -0.05) is 12.1 Å². The predicted octanol–water partition coefficient (Wildman–Crippen LogP) is 2.27. The van der Waals surface area contributed by atoms with Gasteiger partial charge in [-0.05, 0) is 29.8 Å². The molecule has 1 atom stereocenters. The highest BCUT2D eigenvalue weighted by molar-refractivity contribution is 5.46. The van der Waals surface area contributed by atoms with Gasteiger partial charge in [0, 0.05) is 11.6 Å². The fourth-order valence-corrected chi connectivity index (χ4v) is 2.22. The third-order valence-electron chi connectivity index (χ3n) is 3.37. The zero-order valence-corrected chi connectivity index (χ0v) is 12.4. The van der Waals surface area contributed by atoms with Crippen molar-refractivity contribution in [2.24, 2.45) is 5.84 Å².